The molecule has 0 saturated heterocycles. The fraction of sp³-hybridized carbons (Fsp3) is 0.417. The summed E-state index contributed by atoms with van der Waals surface area (Å²) in [4.78, 5) is 4.41. The van der Waals surface area contributed by atoms with Gasteiger partial charge in [0.2, 0.25) is 0 Å². The lowest BCUT2D eigenvalue weighted by atomic mass is 10.1. The number of amidine groups is 1. The van der Waals surface area contributed by atoms with Gasteiger partial charge in [0, 0.05) is 18.7 Å². The summed E-state index contributed by atoms with van der Waals surface area (Å²) in [7, 11) is 0. The van der Waals surface area contributed by atoms with E-state index in [-0.39, 0.29) is 5.82 Å². The molecule has 4 heteroatoms. The molecule has 16 heavy (non-hydrogen) atoms. The van der Waals surface area contributed by atoms with Crippen molar-refractivity contribution in [2.45, 2.75) is 26.2 Å². The van der Waals surface area contributed by atoms with Crippen LogP contribution >= 0.6 is 15.9 Å². The summed E-state index contributed by atoms with van der Waals surface area (Å²) >= 11 is 3.19. The summed E-state index contributed by atoms with van der Waals surface area (Å²) in [6.45, 7) is 2.78. The van der Waals surface area contributed by atoms with Crippen LogP contribution in [0.15, 0.2) is 21.6 Å². The van der Waals surface area contributed by atoms with Crippen LogP contribution in [0.2, 0.25) is 0 Å². The van der Waals surface area contributed by atoms with Gasteiger partial charge in [-0.25, -0.2) is 4.39 Å². The van der Waals surface area contributed by atoms with E-state index in [1.165, 1.54) is 12.5 Å². The smallest absolute Gasteiger partial charge is 0.137 e. The molecule has 1 aromatic rings. The molecule has 0 bridgehead atoms. The number of hydrogen-bond donors (Lipinski definition) is 1. The number of halogens is 2. The number of benzene rings is 1. The third kappa shape index (κ3) is 2.61. The fourth-order valence-corrected chi connectivity index (χ4v) is 2.08. The van der Waals surface area contributed by atoms with E-state index in [0.717, 1.165) is 36.5 Å². The van der Waals surface area contributed by atoms with Crippen molar-refractivity contribution in [3.05, 3.63) is 28.0 Å². The Labute approximate surface area is 103 Å². The Hall–Kier alpha value is -0.900. The quantitative estimate of drug-likeness (QED) is 0.831. The minimum absolute atomic E-state index is 0.228. The third-order valence-corrected chi connectivity index (χ3v) is 3.28. The first-order chi connectivity index (χ1) is 7.66. The van der Waals surface area contributed by atoms with Gasteiger partial charge >= 0.3 is 0 Å². The van der Waals surface area contributed by atoms with Gasteiger partial charge in [-0.2, -0.15) is 0 Å². The molecule has 1 aliphatic rings. The molecule has 2 nitrogen and oxygen atoms in total. The van der Waals surface area contributed by atoms with Crippen LogP contribution in [-0.2, 0) is 0 Å². The van der Waals surface area contributed by atoms with Crippen LogP contribution in [-0.4, -0.2) is 12.4 Å². The molecule has 1 aliphatic heterocycles. The van der Waals surface area contributed by atoms with E-state index in [1.807, 2.05) is 6.92 Å². The summed E-state index contributed by atoms with van der Waals surface area (Å²) in [5.41, 5.74) is 1.82. The van der Waals surface area contributed by atoms with Crippen LogP contribution in [0.4, 0.5) is 10.1 Å². The van der Waals surface area contributed by atoms with E-state index >= 15 is 0 Å². The monoisotopic (exact) mass is 284 g/mol. The summed E-state index contributed by atoms with van der Waals surface area (Å²) in [6, 6.07) is 3.29. The second kappa shape index (κ2) is 4.95. The van der Waals surface area contributed by atoms with Crippen molar-refractivity contribution in [2.75, 3.05) is 11.9 Å². The molecule has 1 N–H and O–H groups in total. The molecule has 0 fully saturated rings. The Bertz CT molecular complexity index is 429. The van der Waals surface area contributed by atoms with E-state index in [1.54, 1.807) is 6.07 Å². The number of nitrogens with zero attached hydrogens (tertiary/aromatic N) is 1. The zero-order chi connectivity index (χ0) is 11.5. The number of anilines is 1. The predicted octanol–water partition coefficient (Wildman–Crippen LogP) is 3.89. The van der Waals surface area contributed by atoms with Crippen molar-refractivity contribution in [2.24, 2.45) is 4.99 Å². The Kier molecular flexibility index (Phi) is 3.59. The van der Waals surface area contributed by atoms with Gasteiger partial charge in [-0.1, -0.05) is 0 Å². The largest absolute Gasteiger partial charge is 0.344 e. The molecule has 0 unspecified atom stereocenters. The third-order valence-electron chi connectivity index (χ3n) is 2.67. The number of nitrogens with one attached hydrogen (secondary N) is 1. The standard InChI is InChI=1S/C12H14BrFN2/c1-8-6-10(14)9(13)7-11(8)16-12-4-2-3-5-15-12/h6-7H,2-5H2,1H3,(H,15,16). The number of hydrogen-bond acceptors (Lipinski definition) is 2. The first-order valence-corrected chi connectivity index (χ1v) is 6.22. The van der Waals surface area contributed by atoms with Gasteiger partial charge in [-0.05, 0) is 53.4 Å². The van der Waals surface area contributed by atoms with Crippen molar-refractivity contribution >= 4 is 27.5 Å². The number of aryl methyl sites for hydroxylation is 1. The molecule has 86 valence electrons. The van der Waals surface area contributed by atoms with Crippen LogP contribution in [0.5, 0.6) is 0 Å². The summed E-state index contributed by atoms with van der Waals surface area (Å²) < 4.78 is 13.7. The second-order valence-corrected chi connectivity index (χ2v) is 4.85. The van der Waals surface area contributed by atoms with E-state index in [2.05, 4.69) is 26.2 Å². The van der Waals surface area contributed by atoms with E-state index in [0.29, 0.717) is 4.47 Å². The summed E-state index contributed by atoms with van der Waals surface area (Å²) in [5.74, 6) is 0.779. The van der Waals surface area contributed by atoms with E-state index in [9.17, 15) is 4.39 Å². The Morgan fingerprint density at radius 2 is 2.19 bits per heavy atom. The normalized spacial score (nSPS) is 15.8. The molecule has 0 amide bonds. The molecule has 0 radical (unpaired) electrons. The van der Waals surface area contributed by atoms with Crippen molar-refractivity contribution < 1.29 is 4.39 Å². The molecule has 0 spiro atoms. The van der Waals surface area contributed by atoms with Crippen LogP contribution in [0.1, 0.15) is 24.8 Å². The Morgan fingerprint density at radius 3 is 2.88 bits per heavy atom. The molecule has 0 aliphatic carbocycles. The van der Waals surface area contributed by atoms with E-state index < -0.39 is 0 Å². The lowest BCUT2D eigenvalue weighted by molar-refractivity contribution is 0.620. The number of aliphatic imine (C=N–C) groups is 1. The van der Waals surface area contributed by atoms with Crippen LogP contribution < -0.4 is 5.32 Å². The molecule has 0 saturated carbocycles. The van der Waals surface area contributed by atoms with Crippen molar-refractivity contribution in [1.82, 2.24) is 0 Å². The second-order valence-electron chi connectivity index (χ2n) is 3.99. The van der Waals surface area contributed by atoms with Crippen LogP contribution in [0.25, 0.3) is 0 Å². The molecular weight excluding hydrogens is 271 g/mol. The molecule has 1 heterocycles. The highest BCUT2D eigenvalue weighted by Gasteiger charge is 2.09. The van der Waals surface area contributed by atoms with Gasteiger partial charge in [0.15, 0.2) is 0 Å². The highest BCUT2D eigenvalue weighted by atomic mass is 79.9. The highest BCUT2D eigenvalue weighted by molar-refractivity contribution is 9.10. The van der Waals surface area contributed by atoms with Crippen molar-refractivity contribution in [3.63, 3.8) is 0 Å². The van der Waals surface area contributed by atoms with Crippen LogP contribution in [0, 0.1) is 12.7 Å². The zero-order valence-corrected chi connectivity index (χ0v) is 10.8. The van der Waals surface area contributed by atoms with Gasteiger partial charge in [0.05, 0.1) is 4.47 Å². The Balaban J connectivity index is 2.20. The predicted molar refractivity (Wildman–Crippen MR) is 68.6 cm³/mol. The van der Waals surface area contributed by atoms with Crippen molar-refractivity contribution in [3.8, 4) is 0 Å². The maximum absolute atomic E-state index is 13.2. The zero-order valence-electron chi connectivity index (χ0n) is 9.19. The number of rotatable bonds is 1. The fourth-order valence-electron chi connectivity index (χ4n) is 1.74. The maximum Gasteiger partial charge on any atom is 0.137 e. The highest BCUT2D eigenvalue weighted by Crippen LogP contribution is 2.24. The minimum Gasteiger partial charge on any atom is -0.344 e. The SMILES string of the molecule is Cc1cc(F)c(Br)cc1NC1=NCCCC1. The topological polar surface area (TPSA) is 24.4 Å². The van der Waals surface area contributed by atoms with Gasteiger partial charge in [0.25, 0.3) is 0 Å². The molecule has 1 aromatic carbocycles. The van der Waals surface area contributed by atoms with Gasteiger partial charge < -0.3 is 5.32 Å². The first kappa shape index (κ1) is 11.6. The van der Waals surface area contributed by atoms with Gasteiger partial charge in [-0.15, -0.1) is 0 Å². The average Bonchev–Trinajstić information content (AvgIpc) is 2.27. The minimum atomic E-state index is -0.228. The Morgan fingerprint density at radius 1 is 1.38 bits per heavy atom. The molecular formula is C12H14BrFN2. The van der Waals surface area contributed by atoms with Gasteiger partial charge in [-0.3, -0.25) is 4.99 Å². The molecule has 0 aromatic heterocycles. The summed E-state index contributed by atoms with van der Waals surface area (Å²) in [6.07, 6.45) is 3.32. The first-order valence-electron chi connectivity index (χ1n) is 5.43. The maximum atomic E-state index is 13.2. The van der Waals surface area contributed by atoms with Gasteiger partial charge in [0.1, 0.15) is 11.7 Å². The lowest BCUT2D eigenvalue weighted by Gasteiger charge is -2.16. The van der Waals surface area contributed by atoms with Crippen LogP contribution in [0.3, 0.4) is 0 Å². The van der Waals surface area contributed by atoms with Crippen molar-refractivity contribution in [1.29, 1.82) is 0 Å². The summed E-state index contributed by atoms with van der Waals surface area (Å²) in [5, 5.41) is 3.27. The molecule has 0 atom stereocenters. The van der Waals surface area contributed by atoms with E-state index in [4.69, 9.17) is 0 Å². The average molecular weight is 285 g/mol. The molecule has 2 rings (SSSR count). The lowest BCUT2D eigenvalue weighted by Crippen LogP contribution is -2.16.